The van der Waals surface area contributed by atoms with Crippen LogP contribution in [-0.4, -0.2) is 60.5 Å². The van der Waals surface area contributed by atoms with Crippen molar-refractivity contribution in [3.8, 4) is 0 Å². The van der Waals surface area contributed by atoms with E-state index in [2.05, 4.69) is 0 Å². The molecular formula is C16H20N2O3. The van der Waals surface area contributed by atoms with Gasteiger partial charge in [-0.3, -0.25) is 9.59 Å². The fourth-order valence-corrected chi connectivity index (χ4v) is 2.87. The van der Waals surface area contributed by atoms with Crippen LogP contribution < -0.4 is 0 Å². The predicted octanol–water partition coefficient (Wildman–Crippen LogP) is 1.15. The summed E-state index contributed by atoms with van der Waals surface area (Å²) in [6.07, 6.45) is 1.52. The van der Waals surface area contributed by atoms with E-state index in [9.17, 15) is 9.59 Å². The molecule has 1 aromatic carbocycles. The molecule has 2 aliphatic heterocycles. The second-order valence-electron chi connectivity index (χ2n) is 5.49. The standard InChI is InChI=1S/C16H20N2O3/c19-15(13-5-2-1-3-6-13)17-8-10-18(11-9-17)16(20)14-7-4-12-21-14/h1-3,5-6,14H,4,7-12H2/t14-/m0/s1. The summed E-state index contributed by atoms with van der Waals surface area (Å²) in [7, 11) is 0. The highest BCUT2D eigenvalue weighted by molar-refractivity contribution is 5.94. The van der Waals surface area contributed by atoms with Crippen LogP contribution in [0.15, 0.2) is 30.3 Å². The van der Waals surface area contributed by atoms with Crippen LogP contribution in [0.5, 0.6) is 0 Å². The minimum absolute atomic E-state index is 0.0415. The van der Waals surface area contributed by atoms with Gasteiger partial charge in [0.15, 0.2) is 0 Å². The van der Waals surface area contributed by atoms with Crippen molar-refractivity contribution >= 4 is 11.8 Å². The molecule has 5 nitrogen and oxygen atoms in total. The summed E-state index contributed by atoms with van der Waals surface area (Å²) in [5, 5.41) is 0. The largest absolute Gasteiger partial charge is 0.368 e. The van der Waals surface area contributed by atoms with E-state index in [1.807, 2.05) is 40.1 Å². The van der Waals surface area contributed by atoms with Crippen LogP contribution in [-0.2, 0) is 9.53 Å². The highest BCUT2D eigenvalue weighted by Gasteiger charge is 2.31. The van der Waals surface area contributed by atoms with Gasteiger partial charge in [0.1, 0.15) is 6.10 Å². The van der Waals surface area contributed by atoms with Crippen LogP contribution in [0.3, 0.4) is 0 Å². The number of carbonyl (C=O) groups is 2. The van der Waals surface area contributed by atoms with Crippen molar-refractivity contribution in [2.45, 2.75) is 18.9 Å². The highest BCUT2D eigenvalue weighted by atomic mass is 16.5. The Labute approximate surface area is 124 Å². The average Bonchev–Trinajstić information content (AvgIpc) is 3.09. The van der Waals surface area contributed by atoms with Gasteiger partial charge in [-0.1, -0.05) is 18.2 Å². The van der Waals surface area contributed by atoms with E-state index in [1.54, 1.807) is 0 Å². The molecule has 21 heavy (non-hydrogen) atoms. The summed E-state index contributed by atoms with van der Waals surface area (Å²) in [5.41, 5.74) is 0.705. The quantitative estimate of drug-likeness (QED) is 0.820. The Bertz CT molecular complexity index is 504. The Morgan fingerprint density at radius 1 is 1.00 bits per heavy atom. The Hall–Kier alpha value is -1.88. The van der Waals surface area contributed by atoms with Crippen LogP contribution in [0.25, 0.3) is 0 Å². The molecule has 0 aromatic heterocycles. The van der Waals surface area contributed by atoms with Crippen molar-refractivity contribution in [1.82, 2.24) is 9.80 Å². The number of benzene rings is 1. The van der Waals surface area contributed by atoms with Gasteiger partial charge in [-0.25, -0.2) is 0 Å². The summed E-state index contributed by atoms with van der Waals surface area (Å²) in [5.74, 6) is 0.124. The molecule has 2 aliphatic rings. The van der Waals surface area contributed by atoms with E-state index < -0.39 is 0 Å². The number of rotatable bonds is 2. The Morgan fingerprint density at radius 2 is 1.67 bits per heavy atom. The molecule has 0 unspecified atom stereocenters. The maximum Gasteiger partial charge on any atom is 0.253 e. The second-order valence-corrected chi connectivity index (χ2v) is 5.49. The van der Waals surface area contributed by atoms with Gasteiger partial charge in [0.2, 0.25) is 0 Å². The van der Waals surface area contributed by atoms with Crippen molar-refractivity contribution < 1.29 is 14.3 Å². The summed E-state index contributed by atoms with van der Waals surface area (Å²) < 4.78 is 5.44. The fourth-order valence-electron chi connectivity index (χ4n) is 2.87. The molecule has 0 spiro atoms. The Kier molecular flexibility index (Phi) is 4.20. The molecule has 1 atom stereocenters. The SMILES string of the molecule is O=C(c1ccccc1)N1CCN(C(=O)[C@@H]2CCCO2)CC1. The maximum atomic E-state index is 12.3. The van der Waals surface area contributed by atoms with Gasteiger partial charge in [0.05, 0.1) is 0 Å². The van der Waals surface area contributed by atoms with Gasteiger partial charge < -0.3 is 14.5 Å². The number of ether oxygens (including phenoxy) is 1. The number of hydrogen-bond acceptors (Lipinski definition) is 3. The topological polar surface area (TPSA) is 49.9 Å². The molecular weight excluding hydrogens is 268 g/mol. The van der Waals surface area contributed by atoms with E-state index in [1.165, 1.54) is 0 Å². The van der Waals surface area contributed by atoms with E-state index in [0.717, 1.165) is 12.8 Å². The molecule has 2 saturated heterocycles. The minimum Gasteiger partial charge on any atom is -0.368 e. The molecule has 0 saturated carbocycles. The van der Waals surface area contributed by atoms with Crippen LogP contribution in [0.1, 0.15) is 23.2 Å². The lowest BCUT2D eigenvalue weighted by Crippen LogP contribution is -2.52. The first-order chi connectivity index (χ1) is 10.3. The van der Waals surface area contributed by atoms with Crippen molar-refractivity contribution in [2.75, 3.05) is 32.8 Å². The van der Waals surface area contributed by atoms with Crippen molar-refractivity contribution in [2.24, 2.45) is 0 Å². The zero-order valence-electron chi connectivity index (χ0n) is 12.0. The van der Waals surface area contributed by atoms with E-state index in [-0.39, 0.29) is 17.9 Å². The summed E-state index contributed by atoms with van der Waals surface area (Å²) in [6, 6.07) is 9.28. The smallest absolute Gasteiger partial charge is 0.253 e. The third-order valence-electron chi connectivity index (χ3n) is 4.10. The molecule has 0 N–H and O–H groups in total. The molecule has 2 heterocycles. The minimum atomic E-state index is -0.263. The molecule has 0 bridgehead atoms. The van der Waals surface area contributed by atoms with E-state index in [4.69, 9.17) is 4.74 Å². The van der Waals surface area contributed by atoms with Gasteiger partial charge in [0.25, 0.3) is 11.8 Å². The molecule has 1 aromatic rings. The summed E-state index contributed by atoms with van der Waals surface area (Å²) in [6.45, 7) is 3.05. The second kappa shape index (κ2) is 6.26. The van der Waals surface area contributed by atoms with Gasteiger partial charge in [-0.15, -0.1) is 0 Å². The van der Waals surface area contributed by atoms with Gasteiger partial charge in [0, 0.05) is 38.3 Å². The zero-order valence-corrected chi connectivity index (χ0v) is 12.0. The number of amides is 2. The molecule has 5 heteroatoms. The van der Waals surface area contributed by atoms with E-state index >= 15 is 0 Å². The maximum absolute atomic E-state index is 12.3. The molecule has 2 fully saturated rings. The Balaban J connectivity index is 1.55. The zero-order chi connectivity index (χ0) is 14.7. The summed E-state index contributed by atoms with van der Waals surface area (Å²) in [4.78, 5) is 28.2. The lowest BCUT2D eigenvalue weighted by molar-refractivity contribution is -0.142. The lowest BCUT2D eigenvalue weighted by Gasteiger charge is -2.35. The third-order valence-corrected chi connectivity index (χ3v) is 4.10. The number of carbonyl (C=O) groups excluding carboxylic acids is 2. The molecule has 112 valence electrons. The van der Waals surface area contributed by atoms with E-state index in [0.29, 0.717) is 38.3 Å². The van der Waals surface area contributed by atoms with Gasteiger partial charge in [-0.2, -0.15) is 0 Å². The lowest BCUT2D eigenvalue weighted by atomic mass is 10.1. The van der Waals surface area contributed by atoms with Crippen LogP contribution in [0, 0.1) is 0 Å². The first-order valence-electron chi connectivity index (χ1n) is 7.50. The summed E-state index contributed by atoms with van der Waals surface area (Å²) >= 11 is 0. The number of hydrogen-bond donors (Lipinski definition) is 0. The monoisotopic (exact) mass is 288 g/mol. The first kappa shape index (κ1) is 14.1. The van der Waals surface area contributed by atoms with Gasteiger partial charge >= 0.3 is 0 Å². The van der Waals surface area contributed by atoms with Crippen LogP contribution in [0.4, 0.5) is 0 Å². The van der Waals surface area contributed by atoms with Crippen LogP contribution >= 0.6 is 0 Å². The van der Waals surface area contributed by atoms with Crippen LogP contribution in [0.2, 0.25) is 0 Å². The number of piperazine rings is 1. The molecule has 0 aliphatic carbocycles. The molecule has 0 radical (unpaired) electrons. The number of nitrogens with zero attached hydrogens (tertiary/aromatic N) is 2. The highest BCUT2D eigenvalue weighted by Crippen LogP contribution is 2.16. The van der Waals surface area contributed by atoms with Gasteiger partial charge in [-0.05, 0) is 25.0 Å². The molecule has 2 amide bonds. The average molecular weight is 288 g/mol. The van der Waals surface area contributed by atoms with Crippen molar-refractivity contribution in [1.29, 1.82) is 0 Å². The third kappa shape index (κ3) is 3.08. The normalized spacial score (nSPS) is 22.4. The van der Waals surface area contributed by atoms with Crippen molar-refractivity contribution in [3.63, 3.8) is 0 Å². The Morgan fingerprint density at radius 3 is 2.29 bits per heavy atom. The fraction of sp³-hybridized carbons (Fsp3) is 0.500. The van der Waals surface area contributed by atoms with Crippen molar-refractivity contribution in [3.05, 3.63) is 35.9 Å². The molecule has 3 rings (SSSR count). The predicted molar refractivity (Wildman–Crippen MR) is 77.9 cm³/mol. The first-order valence-corrected chi connectivity index (χ1v) is 7.50.